The van der Waals surface area contributed by atoms with Gasteiger partial charge in [-0.3, -0.25) is 4.98 Å². The molecule has 2 nitrogen and oxygen atoms in total. The summed E-state index contributed by atoms with van der Waals surface area (Å²) in [6.07, 6.45) is -2.80. The Kier molecular flexibility index (Phi) is 6.44. The van der Waals surface area contributed by atoms with Crippen molar-refractivity contribution in [3.05, 3.63) is 82.3 Å². The molecule has 0 N–H and O–H groups in total. The van der Waals surface area contributed by atoms with Gasteiger partial charge >= 0.3 is 6.18 Å². The number of pyridine rings is 1. The van der Waals surface area contributed by atoms with Gasteiger partial charge < -0.3 is 4.74 Å². The molecule has 2 aromatic carbocycles. The van der Waals surface area contributed by atoms with Crippen LogP contribution in [-0.2, 0) is 25.6 Å². The number of hydrogen-bond donors (Lipinski definition) is 0. The van der Waals surface area contributed by atoms with Gasteiger partial charge in [-0.2, -0.15) is 13.2 Å². The zero-order valence-electron chi connectivity index (χ0n) is 17.1. The molecule has 1 aromatic heterocycles. The van der Waals surface area contributed by atoms with Crippen LogP contribution in [-0.4, -0.2) is 4.98 Å². The molecule has 0 saturated carbocycles. The molecule has 0 aliphatic heterocycles. The molecule has 6 heteroatoms. The zero-order valence-corrected chi connectivity index (χ0v) is 17.1. The van der Waals surface area contributed by atoms with E-state index in [2.05, 4.69) is 26.0 Å². The fourth-order valence-electron chi connectivity index (χ4n) is 3.40. The first kappa shape index (κ1) is 21.8. The summed E-state index contributed by atoms with van der Waals surface area (Å²) in [5, 5.41) is 0. The molecule has 0 aliphatic rings. The van der Waals surface area contributed by atoms with E-state index >= 15 is 0 Å². The van der Waals surface area contributed by atoms with Crippen LogP contribution in [0.1, 0.15) is 41.8 Å². The molecule has 158 valence electrons. The summed E-state index contributed by atoms with van der Waals surface area (Å²) in [5.41, 5.74) is 4.79. The van der Waals surface area contributed by atoms with E-state index in [1.807, 2.05) is 25.1 Å². The van der Waals surface area contributed by atoms with Crippen LogP contribution >= 0.6 is 0 Å². The Balaban J connectivity index is 1.86. The predicted octanol–water partition coefficient (Wildman–Crippen LogP) is 6.92. The lowest BCUT2D eigenvalue weighted by atomic mass is 9.94. The molecular weight excluding hydrogens is 394 g/mol. The average molecular weight is 417 g/mol. The maximum Gasteiger partial charge on any atom is 0.416 e. The standard InChI is InChI=1S/C24H23F4NO/c1-4-16-7-6-8-17(5-2)23(16)21-12-9-18(15(3)29-21)14-30-22-13-19(24(26,27)28)10-11-20(22)25/h6-13H,4-5,14H2,1-3H3. The maximum atomic E-state index is 13.9. The van der Waals surface area contributed by atoms with Gasteiger partial charge in [-0.15, -0.1) is 0 Å². The highest BCUT2D eigenvalue weighted by atomic mass is 19.4. The van der Waals surface area contributed by atoms with Crippen LogP contribution in [0.3, 0.4) is 0 Å². The minimum atomic E-state index is -4.56. The van der Waals surface area contributed by atoms with Gasteiger partial charge in [0.05, 0.1) is 11.3 Å². The lowest BCUT2D eigenvalue weighted by Crippen LogP contribution is -2.07. The van der Waals surface area contributed by atoms with E-state index in [0.717, 1.165) is 30.2 Å². The number of hydrogen-bond acceptors (Lipinski definition) is 2. The van der Waals surface area contributed by atoms with Crippen molar-refractivity contribution in [2.24, 2.45) is 0 Å². The van der Waals surface area contributed by atoms with Crippen LogP contribution in [0.2, 0.25) is 0 Å². The van der Waals surface area contributed by atoms with Crippen molar-refractivity contribution in [1.82, 2.24) is 4.98 Å². The van der Waals surface area contributed by atoms with Crippen LogP contribution in [0.15, 0.2) is 48.5 Å². The molecule has 0 atom stereocenters. The van der Waals surface area contributed by atoms with Gasteiger partial charge in [0.15, 0.2) is 11.6 Å². The highest BCUT2D eigenvalue weighted by molar-refractivity contribution is 5.68. The number of halogens is 4. The second-order valence-corrected chi connectivity index (χ2v) is 7.03. The molecule has 0 fully saturated rings. The van der Waals surface area contributed by atoms with Crippen LogP contribution < -0.4 is 4.74 Å². The molecule has 3 rings (SSSR count). The molecule has 0 amide bonds. The summed E-state index contributed by atoms with van der Waals surface area (Å²) < 4.78 is 57.9. The van der Waals surface area contributed by atoms with Crippen LogP contribution in [0.5, 0.6) is 5.75 Å². The Hall–Kier alpha value is -2.89. The van der Waals surface area contributed by atoms with Crippen molar-refractivity contribution in [2.45, 2.75) is 46.4 Å². The molecule has 0 saturated heterocycles. The Bertz CT molecular complexity index is 1020. The van der Waals surface area contributed by atoms with E-state index in [-0.39, 0.29) is 6.61 Å². The number of ether oxygens (including phenoxy) is 1. The minimum absolute atomic E-state index is 0.0760. The second kappa shape index (κ2) is 8.86. The van der Waals surface area contributed by atoms with E-state index in [9.17, 15) is 17.6 Å². The monoisotopic (exact) mass is 417 g/mol. The van der Waals surface area contributed by atoms with Crippen molar-refractivity contribution < 1.29 is 22.3 Å². The predicted molar refractivity (Wildman–Crippen MR) is 109 cm³/mol. The molecular formula is C24H23F4NO. The first-order valence-corrected chi connectivity index (χ1v) is 9.81. The van der Waals surface area contributed by atoms with E-state index in [4.69, 9.17) is 9.72 Å². The second-order valence-electron chi connectivity index (χ2n) is 7.03. The molecule has 0 aliphatic carbocycles. The summed E-state index contributed by atoms with van der Waals surface area (Å²) in [4.78, 5) is 4.70. The molecule has 0 unspecified atom stereocenters. The van der Waals surface area contributed by atoms with Crippen LogP contribution in [0.25, 0.3) is 11.3 Å². The fourth-order valence-corrected chi connectivity index (χ4v) is 3.40. The number of aryl methyl sites for hydroxylation is 3. The Morgan fingerprint density at radius 2 is 1.57 bits per heavy atom. The van der Waals surface area contributed by atoms with Crippen molar-refractivity contribution >= 4 is 0 Å². The first-order chi connectivity index (χ1) is 14.2. The maximum absolute atomic E-state index is 13.9. The third-order valence-corrected chi connectivity index (χ3v) is 5.09. The summed E-state index contributed by atoms with van der Waals surface area (Å²) in [7, 11) is 0. The van der Waals surface area contributed by atoms with E-state index in [1.165, 1.54) is 11.1 Å². The van der Waals surface area contributed by atoms with Gasteiger partial charge in [-0.05, 0) is 55.2 Å². The topological polar surface area (TPSA) is 22.1 Å². The van der Waals surface area contributed by atoms with E-state index in [0.29, 0.717) is 23.4 Å². The lowest BCUT2D eigenvalue weighted by Gasteiger charge is -2.15. The summed E-state index contributed by atoms with van der Waals surface area (Å²) >= 11 is 0. The Morgan fingerprint density at radius 1 is 0.900 bits per heavy atom. The number of rotatable bonds is 6. The molecule has 1 heterocycles. The quantitative estimate of drug-likeness (QED) is 0.406. The fraction of sp³-hybridized carbons (Fsp3) is 0.292. The SMILES string of the molecule is CCc1cccc(CC)c1-c1ccc(COc2cc(C(F)(F)F)ccc2F)c(C)n1. The van der Waals surface area contributed by atoms with Crippen LogP contribution in [0, 0.1) is 12.7 Å². The third kappa shape index (κ3) is 4.64. The lowest BCUT2D eigenvalue weighted by molar-refractivity contribution is -0.137. The van der Waals surface area contributed by atoms with Gasteiger partial charge in [0, 0.05) is 16.8 Å². The molecule has 0 bridgehead atoms. The van der Waals surface area contributed by atoms with Gasteiger partial charge in [0.2, 0.25) is 0 Å². The zero-order chi connectivity index (χ0) is 21.9. The summed E-state index contributed by atoms with van der Waals surface area (Å²) in [6, 6.07) is 12.0. The van der Waals surface area contributed by atoms with Gasteiger partial charge in [-0.1, -0.05) is 38.1 Å². The van der Waals surface area contributed by atoms with Crippen LogP contribution in [0.4, 0.5) is 17.6 Å². The Morgan fingerprint density at radius 3 is 2.13 bits per heavy atom. The molecule has 30 heavy (non-hydrogen) atoms. The van der Waals surface area contributed by atoms with Crippen molar-refractivity contribution in [1.29, 1.82) is 0 Å². The minimum Gasteiger partial charge on any atom is -0.486 e. The molecule has 0 radical (unpaired) electrons. The highest BCUT2D eigenvalue weighted by Crippen LogP contribution is 2.33. The highest BCUT2D eigenvalue weighted by Gasteiger charge is 2.31. The number of aromatic nitrogens is 1. The van der Waals surface area contributed by atoms with E-state index in [1.54, 1.807) is 0 Å². The van der Waals surface area contributed by atoms with Crippen molar-refractivity contribution in [3.63, 3.8) is 0 Å². The third-order valence-electron chi connectivity index (χ3n) is 5.09. The normalized spacial score (nSPS) is 11.6. The molecule has 0 spiro atoms. The molecule has 3 aromatic rings. The van der Waals surface area contributed by atoms with Gasteiger partial charge in [-0.25, -0.2) is 4.39 Å². The van der Waals surface area contributed by atoms with E-state index < -0.39 is 23.3 Å². The number of alkyl halides is 3. The van der Waals surface area contributed by atoms with Crippen molar-refractivity contribution in [2.75, 3.05) is 0 Å². The first-order valence-electron chi connectivity index (χ1n) is 9.81. The van der Waals surface area contributed by atoms with Gasteiger partial charge in [0.1, 0.15) is 6.61 Å². The number of nitrogens with zero attached hydrogens (tertiary/aromatic N) is 1. The van der Waals surface area contributed by atoms with Gasteiger partial charge in [0.25, 0.3) is 0 Å². The van der Waals surface area contributed by atoms with Crippen molar-refractivity contribution in [3.8, 4) is 17.0 Å². The smallest absolute Gasteiger partial charge is 0.416 e. The summed E-state index contributed by atoms with van der Waals surface area (Å²) in [5.74, 6) is -1.27. The average Bonchev–Trinajstić information content (AvgIpc) is 2.72. The number of benzene rings is 2. The Labute approximate surface area is 173 Å². The largest absolute Gasteiger partial charge is 0.486 e. The summed E-state index contributed by atoms with van der Waals surface area (Å²) in [6.45, 7) is 5.92.